The van der Waals surface area contributed by atoms with Crippen LogP contribution in [0.4, 0.5) is 11.4 Å². The number of fused-ring (bicyclic) bond motifs is 1. The summed E-state index contributed by atoms with van der Waals surface area (Å²) < 4.78 is 45.8. The molecule has 0 amide bonds. The summed E-state index contributed by atoms with van der Waals surface area (Å²) >= 11 is 0. The highest BCUT2D eigenvalue weighted by Gasteiger charge is 2.30. The predicted molar refractivity (Wildman–Crippen MR) is 152 cm³/mol. The number of carboxylic acids is 1. The molecular formula is C28H29N5O7S. The van der Waals surface area contributed by atoms with Crippen molar-refractivity contribution in [2.75, 3.05) is 19.5 Å². The quantitative estimate of drug-likeness (QED) is 0.231. The molecule has 0 saturated heterocycles. The Labute approximate surface area is 236 Å². The van der Waals surface area contributed by atoms with Gasteiger partial charge in [-0.2, -0.15) is 4.98 Å². The predicted octanol–water partition coefficient (Wildman–Crippen LogP) is 4.38. The van der Waals surface area contributed by atoms with Gasteiger partial charge in [0.1, 0.15) is 10.6 Å². The monoisotopic (exact) mass is 579 g/mol. The number of anilines is 2. The van der Waals surface area contributed by atoms with Crippen LogP contribution in [0.25, 0.3) is 22.0 Å². The second-order valence-electron chi connectivity index (χ2n) is 9.75. The molecule has 13 heteroatoms. The highest BCUT2D eigenvalue weighted by molar-refractivity contribution is 7.89. The molecule has 0 spiro atoms. The Morgan fingerprint density at radius 2 is 1.83 bits per heavy atom. The Morgan fingerprint density at radius 3 is 2.49 bits per heavy atom. The van der Waals surface area contributed by atoms with Gasteiger partial charge in [-0.1, -0.05) is 12.1 Å². The lowest BCUT2D eigenvalue weighted by Gasteiger charge is -2.18. The summed E-state index contributed by atoms with van der Waals surface area (Å²) in [5, 5.41) is 13.3. The summed E-state index contributed by atoms with van der Waals surface area (Å²) in [6, 6.07) is 9.74. The molecule has 4 aromatic rings. The summed E-state index contributed by atoms with van der Waals surface area (Å²) in [6.45, 7) is 3.65. The lowest BCUT2D eigenvalue weighted by Crippen LogP contribution is -2.26. The largest absolute Gasteiger partial charge is 0.491 e. The van der Waals surface area contributed by atoms with Crippen molar-refractivity contribution in [3.8, 4) is 28.8 Å². The number of methoxy groups -OCH3 is 2. The third-order valence-electron chi connectivity index (χ3n) is 6.24. The van der Waals surface area contributed by atoms with Gasteiger partial charge in [0, 0.05) is 35.6 Å². The number of pyridine rings is 1. The second-order valence-corrected chi connectivity index (χ2v) is 11.4. The van der Waals surface area contributed by atoms with Crippen molar-refractivity contribution in [3.63, 3.8) is 0 Å². The molecule has 1 aliphatic carbocycles. The molecule has 12 nitrogen and oxygen atoms in total. The fourth-order valence-electron chi connectivity index (χ4n) is 4.24. The van der Waals surface area contributed by atoms with E-state index in [1.165, 1.54) is 32.5 Å². The fourth-order valence-corrected chi connectivity index (χ4v) is 5.66. The summed E-state index contributed by atoms with van der Waals surface area (Å²) in [5.74, 6) is -0.522. The van der Waals surface area contributed by atoms with Gasteiger partial charge >= 0.3 is 12.0 Å². The SMILES string of the molecule is COc1ncc(-c2ccc3c(Nc4cc(OC(C)C)cc(C(=O)O)c4)c(S(=O)(=O)NC4CC4)cnc3c2)c(OC)n1. The van der Waals surface area contributed by atoms with Crippen molar-refractivity contribution in [2.24, 2.45) is 0 Å². The number of nitrogens with zero attached hydrogens (tertiary/aromatic N) is 3. The van der Waals surface area contributed by atoms with Crippen molar-refractivity contribution in [1.29, 1.82) is 0 Å². The van der Waals surface area contributed by atoms with Crippen molar-refractivity contribution >= 4 is 38.3 Å². The van der Waals surface area contributed by atoms with E-state index in [0.717, 1.165) is 12.8 Å². The van der Waals surface area contributed by atoms with Gasteiger partial charge in [0.2, 0.25) is 15.9 Å². The molecule has 0 bridgehead atoms. The molecule has 0 aliphatic heterocycles. The first-order valence-electron chi connectivity index (χ1n) is 12.8. The zero-order valence-corrected chi connectivity index (χ0v) is 23.7. The molecule has 2 aromatic heterocycles. The van der Waals surface area contributed by atoms with E-state index in [4.69, 9.17) is 14.2 Å². The van der Waals surface area contributed by atoms with E-state index in [0.29, 0.717) is 39.3 Å². The van der Waals surface area contributed by atoms with Gasteiger partial charge in [-0.3, -0.25) is 4.98 Å². The van der Waals surface area contributed by atoms with Gasteiger partial charge in [0.05, 0.1) is 42.7 Å². The highest BCUT2D eigenvalue weighted by atomic mass is 32.2. The van der Waals surface area contributed by atoms with Gasteiger partial charge in [0.25, 0.3) is 0 Å². The first-order valence-corrected chi connectivity index (χ1v) is 14.3. The molecule has 3 N–H and O–H groups in total. The van der Waals surface area contributed by atoms with Gasteiger partial charge in [-0.05, 0) is 50.5 Å². The third-order valence-corrected chi connectivity index (χ3v) is 7.77. The molecular weight excluding hydrogens is 550 g/mol. The number of rotatable bonds is 11. The van der Waals surface area contributed by atoms with E-state index in [1.807, 2.05) is 13.8 Å². The minimum atomic E-state index is -3.95. The molecule has 5 rings (SSSR count). The molecule has 2 heterocycles. The lowest BCUT2D eigenvalue weighted by atomic mass is 10.0. The first kappa shape index (κ1) is 28.1. The van der Waals surface area contributed by atoms with E-state index < -0.39 is 16.0 Å². The number of nitrogens with one attached hydrogen (secondary N) is 2. The van der Waals surface area contributed by atoms with Crippen LogP contribution in [0.2, 0.25) is 0 Å². The Morgan fingerprint density at radius 1 is 1.05 bits per heavy atom. The molecule has 0 radical (unpaired) electrons. The standard InChI is InChI=1S/C28H29N5O7S/c1-15(2)40-20-10-17(27(34)35)9-19(12-20)31-25-21-8-5-16(22-13-30-28(39-4)32-26(22)38-3)11-23(21)29-14-24(25)41(36,37)33-18-6-7-18/h5,8-15,18,33H,6-7H2,1-4H3,(H,29,31)(H,34,35). The number of ether oxygens (including phenoxy) is 3. The molecule has 0 atom stereocenters. The van der Waals surface area contributed by atoms with Crippen LogP contribution in [0.1, 0.15) is 37.0 Å². The normalized spacial score (nSPS) is 13.3. The molecule has 0 unspecified atom stereocenters. The topological polar surface area (TPSA) is 162 Å². The number of hydrogen-bond acceptors (Lipinski definition) is 10. The number of aromatic nitrogens is 3. The van der Waals surface area contributed by atoms with E-state index in [9.17, 15) is 18.3 Å². The first-order chi connectivity index (χ1) is 19.6. The van der Waals surface area contributed by atoms with Crippen LogP contribution in [0.15, 0.2) is 53.7 Å². The maximum Gasteiger partial charge on any atom is 0.335 e. The van der Waals surface area contributed by atoms with Gasteiger partial charge in [-0.25, -0.2) is 22.9 Å². The molecule has 1 saturated carbocycles. The number of carbonyl (C=O) groups is 1. The lowest BCUT2D eigenvalue weighted by molar-refractivity contribution is 0.0696. The van der Waals surface area contributed by atoms with Crippen LogP contribution in [0.5, 0.6) is 17.6 Å². The average Bonchev–Trinajstić information content (AvgIpc) is 3.75. The molecule has 41 heavy (non-hydrogen) atoms. The number of carboxylic acid groups (broad SMARTS) is 1. The number of sulfonamides is 1. The molecule has 2 aromatic carbocycles. The molecule has 1 fully saturated rings. The summed E-state index contributed by atoms with van der Waals surface area (Å²) in [5.41, 5.74) is 2.31. The smallest absolute Gasteiger partial charge is 0.335 e. The van der Waals surface area contributed by atoms with Gasteiger partial charge in [-0.15, -0.1) is 0 Å². The van der Waals surface area contributed by atoms with Crippen LogP contribution >= 0.6 is 0 Å². The third kappa shape index (κ3) is 6.15. The van der Waals surface area contributed by atoms with Crippen LogP contribution in [-0.4, -0.2) is 60.8 Å². The van der Waals surface area contributed by atoms with Crippen molar-refractivity contribution < 1.29 is 32.5 Å². The molecule has 214 valence electrons. The number of benzene rings is 2. The highest BCUT2D eigenvalue weighted by Crippen LogP contribution is 2.37. The van der Waals surface area contributed by atoms with Crippen molar-refractivity contribution in [2.45, 2.75) is 43.7 Å². The number of hydrogen-bond donors (Lipinski definition) is 3. The second kappa shape index (κ2) is 11.2. The van der Waals surface area contributed by atoms with Gasteiger partial charge in [0.15, 0.2) is 0 Å². The van der Waals surface area contributed by atoms with Crippen molar-refractivity contribution in [1.82, 2.24) is 19.7 Å². The van der Waals surface area contributed by atoms with Crippen LogP contribution < -0.4 is 24.2 Å². The summed E-state index contributed by atoms with van der Waals surface area (Å²) in [7, 11) is -1.01. The van der Waals surface area contributed by atoms with E-state index in [1.54, 1.807) is 30.5 Å². The van der Waals surface area contributed by atoms with Crippen LogP contribution in [0.3, 0.4) is 0 Å². The van der Waals surface area contributed by atoms with E-state index in [-0.39, 0.29) is 34.3 Å². The van der Waals surface area contributed by atoms with Crippen LogP contribution in [-0.2, 0) is 10.0 Å². The van der Waals surface area contributed by atoms with E-state index in [2.05, 4.69) is 25.0 Å². The minimum absolute atomic E-state index is 0.0154. The Bertz CT molecular complexity index is 1740. The average molecular weight is 580 g/mol. The maximum absolute atomic E-state index is 13.4. The number of aromatic carboxylic acids is 1. The Balaban J connectivity index is 1.66. The Hall–Kier alpha value is -4.49. The van der Waals surface area contributed by atoms with Gasteiger partial charge < -0.3 is 24.6 Å². The maximum atomic E-state index is 13.4. The van der Waals surface area contributed by atoms with Crippen molar-refractivity contribution in [3.05, 3.63) is 54.4 Å². The fraction of sp³-hybridized carbons (Fsp3) is 0.286. The zero-order valence-electron chi connectivity index (χ0n) is 22.8. The van der Waals surface area contributed by atoms with E-state index >= 15 is 0 Å². The molecule has 1 aliphatic rings. The summed E-state index contributed by atoms with van der Waals surface area (Å²) in [4.78, 5) is 24.7. The Kier molecular flexibility index (Phi) is 7.65. The minimum Gasteiger partial charge on any atom is -0.491 e. The zero-order chi connectivity index (χ0) is 29.3. The van der Waals surface area contributed by atoms with Crippen LogP contribution in [0, 0.1) is 0 Å². The summed E-state index contributed by atoms with van der Waals surface area (Å²) in [6.07, 6.45) is 4.16.